The van der Waals surface area contributed by atoms with Crippen molar-refractivity contribution in [3.63, 3.8) is 0 Å². The lowest BCUT2D eigenvalue weighted by atomic mass is 9.84. The molecule has 0 aromatic rings. The monoisotopic (exact) mass is 186 g/mol. The lowest BCUT2D eigenvalue weighted by Crippen LogP contribution is -2.40. The average Bonchev–Trinajstić information content (AvgIpc) is 1.97. The predicted molar refractivity (Wildman–Crippen MR) is 59.7 cm³/mol. The Kier molecular flexibility index (Phi) is 6.35. The van der Waals surface area contributed by atoms with Gasteiger partial charge >= 0.3 is 0 Å². The van der Waals surface area contributed by atoms with Crippen molar-refractivity contribution in [3.8, 4) is 0 Å². The maximum Gasteiger partial charge on any atom is 0.00841 e. The fourth-order valence-corrected chi connectivity index (χ4v) is 1.84. The number of rotatable bonds is 6. The standard InChI is InChI=1S/C11H26N2/c1-8(2)6-11(12)10(7-13-5)9(3)4/h8-11,13H,6-7,12H2,1-5H3. The van der Waals surface area contributed by atoms with Crippen LogP contribution in [0.15, 0.2) is 0 Å². The van der Waals surface area contributed by atoms with E-state index in [4.69, 9.17) is 5.73 Å². The van der Waals surface area contributed by atoms with E-state index in [9.17, 15) is 0 Å². The van der Waals surface area contributed by atoms with Gasteiger partial charge in [-0.2, -0.15) is 0 Å². The van der Waals surface area contributed by atoms with Gasteiger partial charge in [-0.15, -0.1) is 0 Å². The summed E-state index contributed by atoms with van der Waals surface area (Å²) in [6.45, 7) is 10.0. The van der Waals surface area contributed by atoms with E-state index >= 15 is 0 Å². The van der Waals surface area contributed by atoms with E-state index < -0.39 is 0 Å². The highest BCUT2D eigenvalue weighted by Gasteiger charge is 2.20. The van der Waals surface area contributed by atoms with Crippen LogP contribution in [0.2, 0.25) is 0 Å². The molecule has 0 aliphatic heterocycles. The normalized spacial score (nSPS) is 16.6. The largest absolute Gasteiger partial charge is 0.327 e. The van der Waals surface area contributed by atoms with Crippen LogP contribution in [0.5, 0.6) is 0 Å². The summed E-state index contributed by atoms with van der Waals surface area (Å²) >= 11 is 0. The third kappa shape index (κ3) is 5.27. The topological polar surface area (TPSA) is 38.0 Å². The molecule has 2 nitrogen and oxygen atoms in total. The number of nitrogens with one attached hydrogen (secondary N) is 1. The Morgan fingerprint density at radius 2 is 1.69 bits per heavy atom. The molecule has 0 aromatic carbocycles. The van der Waals surface area contributed by atoms with E-state index in [0.29, 0.717) is 23.8 Å². The Morgan fingerprint density at radius 1 is 1.15 bits per heavy atom. The lowest BCUT2D eigenvalue weighted by molar-refractivity contribution is 0.280. The minimum absolute atomic E-state index is 0.340. The van der Waals surface area contributed by atoms with Gasteiger partial charge in [-0.05, 0) is 37.8 Å². The molecule has 3 N–H and O–H groups in total. The zero-order valence-corrected chi connectivity index (χ0v) is 9.80. The highest BCUT2D eigenvalue weighted by Crippen LogP contribution is 2.18. The molecule has 0 aliphatic rings. The molecule has 2 atom stereocenters. The van der Waals surface area contributed by atoms with Gasteiger partial charge in [-0.1, -0.05) is 27.7 Å². The van der Waals surface area contributed by atoms with Gasteiger partial charge in [0.25, 0.3) is 0 Å². The minimum Gasteiger partial charge on any atom is -0.327 e. The van der Waals surface area contributed by atoms with Crippen molar-refractivity contribution in [1.82, 2.24) is 5.32 Å². The van der Waals surface area contributed by atoms with Crippen LogP contribution in [-0.4, -0.2) is 19.6 Å². The molecule has 0 spiro atoms. The number of hydrogen-bond donors (Lipinski definition) is 2. The summed E-state index contributed by atoms with van der Waals surface area (Å²) in [5.41, 5.74) is 6.17. The predicted octanol–water partition coefficient (Wildman–Crippen LogP) is 1.85. The molecule has 0 saturated heterocycles. The third-order valence-corrected chi connectivity index (χ3v) is 2.59. The average molecular weight is 186 g/mol. The molecule has 0 fully saturated rings. The van der Waals surface area contributed by atoms with Gasteiger partial charge in [-0.25, -0.2) is 0 Å². The van der Waals surface area contributed by atoms with Gasteiger partial charge in [0, 0.05) is 6.04 Å². The second-order valence-corrected chi connectivity index (χ2v) is 4.76. The Bertz CT molecular complexity index is 121. The molecule has 0 amide bonds. The van der Waals surface area contributed by atoms with Gasteiger partial charge in [0.2, 0.25) is 0 Å². The fourth-order valence-electron chi connectivity index (χ4n) is 1.84. The molecule has 0 heterocycles. The molecule has 0 bridgehead atoms. The Hall–Kier alpha value is -0.0800. The molecule has 2 unspecified atom stereocenters. The lowest BCUT2D eigenvalue weighted by Gasteiger charge is -2.28. The molecule has 0 radical (unpaired) electrons. The zero-order chi connectivity index (χ0) is 10.4. The molecular weight excluding hydrogens is 160 g/mol. The van der Waals surface area contributed by atoms with Crippen molar-refractivity contribution >= 4 is 0 Å². The van der Waals surface area contributed by atoms with Crippen LogP contribution in [0, 0.1) is 17.8 Å². The molecule has 0 rings (SSSR count). The van der Waals surface area contributed by atoms with Crippen LogP contribution in [0.4, 0.5) is 0 Å². The molecule has 0 saturated carbocycles. The number of nitrogens with two attached hydrogens (primary N) is 1. The second kappa shape index (κ2) is 6.39. The summed E-state index contributed by atoms with van der Waals surface area (Å²) < 4.78 is 0. The van der Waals surface area contributed by atoms with Gasteiger partial charge in [0.15, 0.2) is 0 Å². The van der Waals surface area contributed by atoms with Gasteiger partial charge in [0.05, 0.1) is 0 Å². The summed E-state index contributed by atoms with van der Waals surface area (Å²) in [7, 11) is 2.00. The van der Waals surface area contributed by atoms with Crippen molar-refractivity contribution in [2.45, 2.75) is 40.2 Å². The summed E-state index contributed by atoms with van der Waals surface area (Å²) in [5, 5.41) is 3.22. The minimum atomic E-state index is 0.340. The quantitative estimate of drug-likeness (QED) is 0.664. The zero-order valence-electron chi connectivity index (χ0n) is 9.80. The summed E-state index contributed by atoms with van der Waals surface area (Å²) in [6.07, 6.45) is 1.13. The molecular formula is C11H26N2. The van der Waals surface area contributed by atoms with Gasteiger partial charge in [-0.3, -0.25) is 0 Å². The molecule has 2 heteroatoms. The maximum absolute atomic E-state index is 6.17. The van der Waals surface area contributed by atoms with Crippen molar-refractivity contribution in [2.75, 3.05) is 13.6 Å². The van der Waals surface area contributed by atoms with Crippen molar-refractivity contribution in [2.24, 2.45) is 23.5 Å². The molecule has 80 valence electrons. The van der Waals surface area contributed by atoms with Crippen LogP contribution in [0.3, 0.4) is 0 Å². The van der Waals surface area contributed by atoms with E-state index in [1.807, 2.05) is 7.05 Å². The van der Waals surface area contributed by atoms with Gasteiger partial charge in [0.1, 0.15) is 0 Å². The third-order valence-electron chi connectivity index (χ3n) is 2.59. The Morgan fingerprint density at radius 3 is 2.00 bits per heavy atom. The van der Waals surface area contributed by atoms with Gasteiger partial charge < -0.3 is 11.1 Å². The van der Waals surface area contributed by atoms with Crippen LogP contribution in [-0.2, 0) is 0 Å². The first kappa shape index (κ1) is 12.9. The first-order valence-corrected chi connectivity index (χ1v) is 5.39. The van der Waals surface area contributed by atoms with E-state index in [1.54, 1.807) is 0 Å². The van der Waals surface area contributed by atoms with E-state index in [2.05, 4.69) is 33.0 Å². The van der Waals surface area contributed by atoms with Crippen LogP contribution in [0.1, 0.15) is 34.1 Å². The molecule has 13 heavy (non-hydrogen) atoms. The van der Waals surface area contributed by atoms with E-state index in [-0.39, 0.29) is 0 Å². The SMILES string of the molecule is CNCC(C(C)C)C(N)CC(C)C. The molecule has 0 aromatic heterocycles. The van der Waals surface area contributed by atoms with Crippen molar-refractivity contribution in [3.05, 3.63) is 0 Å². The summed E-state index contributed by atoms with van der Waals surface area (Å²) in [5.74, 6) is 1.97. The van der Waals surface area contributed by atoms with E-state index in [0.717, 1.165) is 13.0 Å². The second-order valence-electron chi connectivity index (χ2n) is 4.76. The first-order chi connectivity index (χ1) is 5.99. The summed E-state index contributed by atoms with van der Waals surface area (Å²) in [4.78, 5) is 0. The van der Waals surface area contributed by atoms with Crippen LogP contribution in [0.25, 0.3) is 0 Å². The maximum atomic E-state index is 6.17. The Labute approximate surface area is 83.3 Å². The van der Waals surface area contributed by atoms with E-state index in [1.165, 1.54) is 0 Å². The van der Waals surface area contributed by atoms with Crippen molar-refractivity contribution < 1.29 is 0 Å². The van der Waals surface area contributed by atoms with Crippen LogP contribution >= 0.6 is 0 Å². The molecule has 0 aliphatic carbocycles. The Balaban J connectivity index is 4.02. The number of hydrogen-bond acceptors (Lipinski definition) is 2. The fraction of sp³-hybridized carbons (Fsp3) is 1.00. The summed E-state index contributed by atoms with van der Waals surface area (Å²) in [6, 6.07) is 0.340. The highest BCUT2D eigenvalue weighted by atomic mass is 14.8. The first-order valence-electron chi connectivity index (χ1n) is 5.39. The van der Waals surface area contributed by atoms with Crippen molar-refractivity contribution in [1.29, 1.82) is 0 Å². The highest BCUT2D eigenvalue weighted by molar-refractivity contribution is 4.77. The smallest absolute Gasteiger partial charge is 0.00841 e. The van der Waals surface area contributed by atoms with Crippen LogP contribution < -0.4 is 11.1 Å².